The number of hydrogen-bond donors (Lipinski definition) is 0. The van der Waals surface area contributed by atoms with E-state index in [0.29, 0.717) is 12.0 Å². The van der Waals surface area contributed by atoms with E-state index in [4.69, 9.17) is 16.3 Å². The van der Waals surface area contributed by atoms with Crippen LogP contribution in [0.25, 0.3) is 0 Å². The lowest BCUT2D eigenvalue weighted by atomic mass is 9.85. The number of hydrogen-bond acceptors (Lipinski definition) is 3. The topological polar surface area (TPSA) is 22.1 Å². The minimum Gasteiger partial charge on any atom is -0.378 e. The SMILES string of the molecule is CCC1CCCCC1OCCCc1nc(CCl)cs1. The summed E-state index contributed by atoms with van der Waals surface area (Å²) in [6.45, 7) is 3.16. The zero-order valence-electron chi connectivity index (χ0n) is 11.7. The van der Waals surface area contributed by atoms with Crippen molar-refractivity contribution >= 4 is 22.9 Å². The van der Waals surface area contributed by atoms with Crippen LogP contribution in [0.3, 0.4) is 0 Å². The zero-order valence-corrected chi connectivity index (χ0v) is 13.3. The normalized spacial score (nSPS) is 23.7. The third-order valence-electron chi connectivity index (χ3n) is 3.97. The summed E-state index contributed by atoms with van der Waals surface area (Å²) in [4.78, 5) is 4.48. The fourth-order valence-corrected chi connectivity index (χ4v) is 3.91. The number of halogens is 1. The van der Waals surface area contributed by atoms with Gasteiger partial charge in [0.2, 0.25) is 0 Å². The van der Waals surface area contributed by atoms with Gasteiger partial charge in [0.15, 0.2) is 0 Å². The maximum atomic E-state index is 6.09. The standard InChI is InChI=1S/C15H24ClNOS/c1-2-12-6-3-4-7-14(12)18-9-5-8-15-17-13(10-16)11-19-15/h11-12,14H,2-10H2,1H3. The third-order valence-corrected chi connectivity index (χ3v) is 5.20. The van der Waals surface area contributed by atoms with Gasteiger partial charge in [-0.25, -0.2) is 4.98 Å². The smallest absolute Gasteiger partial charge is 0.0929 e. The van der Waals surface area contributed by atoms with Crippen LogP contribution >= 0.6 is 22.9 Å². The molecule has 1 saturated carbocycles. The van der Waals surface area contributed by atoms with Crippen LogP contribution in [0.5, 0.6) is 0 Å². The molecule has 0 saturated heterocycles. The molecule has 0 aromatic carbocycles. The van der Waals surface area contributed by atoms with E-state index in [9.17, 15) is 0 Å². The number of rotatable bonds is 7. The van der Waals surface area contributed by atoms with Crippen LogP contribution in [0.2, 0.25) is 0 Å². The first-order chi connectivity index (χ1) is 9.33. The zero-order chi connectivity index (χ0) is 13.5. The molecule has 1 aliphatic rings. The minimum absolute atomic E-state index is 0.508. The van der Waals surface area contributed by atoms with Gasteiger partial charge in [-0.15, -0.1) is 22.9 Å². The third kappa shape index (κ3) is 4.73. The molecule has 0 aliphatic heterocycles. The number of aryl methyl sites for hydroxylation is 1. The Hall–Kier alpha value is -0.120. The molecule has 4 heteroatoms. The van der Waals surface area contributed by atoms with Crippen LogP contribution in [-0.2, 0) is 17.0 Å². The van der Waals surface area contributed by atoms with Crippen molar-refractivity contribution < 1.29 is 4.74 Å². The average molecular weight is 302 g/mol. The van der Waals surface area contributed by atoms with Crippen molar-refractivity contribution in [1.29, 1.82) is 0 Å². The van der Waals surface area contributed by atoms with Gasteiger partial charge in [-0.05, 0) is 25.2 Å². The fourth-order valence-electron chi connectivity index (χ4n) is 2.84. The first kappa shape index (κ1) is 15.3. The molecule has 0 spiro atoms. The van der Waals surface area contributed by atoms with Crippen LogP contribution in [0, 0.1) is 5.92 Å². The van der Waals surface area contributed by atoms with Crippen LogP contribution in [-0.4, -0.2) is 17.7 Å². The summed E-state index contributed by atoms with van der Waals surface area (Å²) in [7, 11) is 0. The Labute approximate surface area is 125 Å². The van der Waals surface area contributed by atoms with Crippen LogP contribution in [0.15, 0.2) is 5.38 Å². The summed E-state index contributed by atoms with van der Waals surface area (Å²) in [6.07, 6.45) is 9.20. The molecular weight excluding hydrogens is 278 g/mol. The Bertz CT molecular complexity index is 369. The molecule has 2 nitrogen and oxygen atoms in total. The average Bonchev–Trinajstić information content (AvgIpc) is 2.92. The van der Waals surface area contributed by atoms with Gasteiger partial charge in [0, 0.05) is 18.4 Å². The van der Waals surface area contributed by atoms with E-state index in [1.54, 1.807) is 11.3 Å². The van der Waals surface area contributed by atoms with Crippen molar-refractivity contribution in [3.8, 4) is 0 Å². The van der Waals surface area contributed by atoms with Gasteiger partial charge in [0.05, 0.1) is 22.7 Å². The van der Waals surface area contributed by atoms with Gasteiger partial charge in [-0.3, -0.25) is 0 Å². The highest BCUT2D eigenvalue weighted by atomic mass is 35.5. The number of aromatic nitrogens is 1. The van der Waals surface area contributed by atoms with Gasteiger partial charge >= 0.3 is 0 Å². The number of ether oxygens (including phenoxy) is 1. The van der Waals surface area contributed by atoms with Crippen molar-refractivity contribution in [1.82, 2.24) is 4.98 Å². The maximum Gasteiger partial charge on any atom is 0.0929 e. The molecule has 2 unspecified atom stereocenters. The highest BCUT2D eigenvalue weighted by molar-refractivity contribution is 7.09. The second-order valence-corrected chi connectivity index (χ2v) is 6.54. The number of thiazole rings is 1. The van der Waals surface area contributed by atoms with E-state index in [2.05, 4.69) is 17.3 Å². The van der Waals surface area contributed by atoms with Crippen LogP contribution in [0.1, 0.15) is 56.2 Å². The van der Waals surface area contributed by atoms with Crippen LogP contribution < -0.4 is 0 Å². The molecule has 0 bridgehead atoms. The highest BCUT2D eigenvalue weighted by Crippen LogP contribution is 2.29. The Kier molecular flexibility index (Phi) is 6.62. The van der Waals surface area contributed by atoms with Crippen molar-refractivity contribution in [2.75, 3.05) is 6.61 Å². The molecule has 2 rings (SSSR count). The summed E-state index contributed by atoms with van der Waals surface area (Å²) in [5.41, 5.74) is 1.00. The second kappa shape index (κ2) is 8.23. The van der Waals surface area contributed by atoms with E-state index < -0.39 is 0 Å². The molecule has 0 N–H and O–H groups in total. The fraction of sp³-hybridized carbons (Fsp3) is 0.800. The quantitative estimate of drug-likeness (QED) is 0.533. The van der Waals surface area contributed by atoms with E-state index in [-0.39, 0.29) is 0 Å². The lowest BCUT2D eigenvalue weighted by Gasteiger charge is -2.30. The lowest BCUT2D eigenvalue weighted by molar-refractivity contribution is -0.0128. The highest BCUT2D eigenvalue weighted by Gasteiger charge is 2.23. The van der Waals surface area contributed by atoms with Gasteiger partial charge < -0.3 is 4.74 Å². The molecule has 0 amide bonds. The maximum absolute atomic E-state index is 6.09. The first-order valence-corrected chi connectivity index (χ1v) is 8.85. The van der Waals surface area contributed by atoms with Crippen molar-refractivity contribution in [2.45, 2.75) is 63.9 Å². The van der Waals surface area contributed by atoms with Gasteiger partial charge in [0.1, 0.15) is 0 Å². The largest absolute Gasteiger partial charge is 0.378 e. The Morgan fingerprint density at radius 3 is 3.00 bits per heavy atom. The Balaban J connectivity index is 1.65. The predicted molar refractivity (Wildman–Crippen MR) is 82.0 cm³/mol. The lowest BCUT2D eigenvalue weighted by Crippen LogP contribution is -2.27. The Morgan fingerprint density at radius 1 is 1.42 bits per heavy atom. The molecular formula is C15H24ClNOS. The van der Waals surface area contributed by atoms with Crippen molar-refractivity contribution in [3.63, 3.8) is 0 Å². The van der Waals surface area contributed by atoms with Gasteiger partial charge in [0.25, 0.3) is 0 Å². The van der Waals surface area contributed by atoms with Gasteiger partial charge in [-0.1, -0.05) is 26.2 Å². The monoisotopic (exact) mass is 301 g/mol. The molecule has 1 aliphatic carbocycles. The van der Waals surface area contributed by atoms with E-state index in [1.165, 1.54) is 37.1 Å². The minimum atomic E-state index is 0.508. The molecule has 108 valence electrons. The summed E-state index contributed by atoms with van der Waals surface area (Å²) in [5.74, 6) is 1.31. The molecule has 1 aromatic heterocycles. The van der Waals surface area contributed by atoms with Crippen molar-refractivity contribution in [3.05, 3.63) is 16.1 Å². The van der Waals surface area contributed by atoms with Crippen molar-refractivity contribution in [2.24, 2.45) is 5.92 Å². The molecule has 1 fully saturated rings. The van der Waals surface area contributed by atoms with Crippen LogP contribution in [0.4, 0.5) is 0 Å². The summed E-state index contributed by atoms with van der Waals surface area (Å²) >= 11 is 7.47. The molecule has 2 atom stereocenters. The summed E-state index contributed by atoms with van der Waals surface area (Å²) in [6, 6.07) is 0. The molecule has 1 heterocycles. The summed E-state index contributed by atoms with van der Waals surface area (Å²) < 4.78 is 6.09. The number of alkyl halides is 1. The Morgan fingerprint density at radius 2 is 2.26 bits per heavy atom. The number of nitrogens with zero attached hydrogens (tertiary/aromatic N) is 1. The summed E-state index contributed by atoms with van der Waals surface area (Å²) in [5, 5.41) is 3.24. The predicted octanol–water partition coefficient (Wildman–Crippen LogP) is 4.80. The molecule has 19 heavy (non-hydrogen) atoms. The molecule has 0 radical (unpaired) electrons. The van der Waals surface area contributed by atoms with Gasteiger partial charge in [-0.2, -0.15) is 0 Å². The molecule has 1 aromatic rings. The van der Waals surface area contributed by atoms with E-state index in [0.717, 1.165) is 31.1 Å². The first-order valence-electron chi connectivity index (χ1n) is 7.44. The van der Waals surface area contributed by atoms with E-state index in [1.807, 2.05) is 0 Å². The van der Waals surface area contributed by atoms with E-state index >= 15 is 0 Å². The second-order valence-electron chi connectivity index (χ2n) is 5.33.